The molecule has 1 aromatic carbocycles. The molecule has 0 saturated carbocycles. The van der Waals surface area contributed by atoms with Crippen LogP contribution in [0.1, 0.15) is 36.9 Å². The molecule has 0 aliphatic rings. The minimum Gasteiger partial charge on any atom is -0.383 e. The van der Waals surface area contributed by atoms with Gasteiger partial charge >= 0.3 is 0 Å². The fraction of sp³-hybridized carbons (Fsp3) is 0.647. The molecular weight excluding hydrogens is 248 g/mol. The summed E-state index contributed by atoms with van der Waals surface area (Å²) < 4.78 is 5.12. The van der Waals surface area contributed by atoms with Crippen LogP contribution >= 0.6 is 0 Å². The maximum absolute atomic E-state index is 5.12. The van der Waals surface area contributed by atoms with E-state index in [4.69, 9.17) is 4.74 Å². The molecule has 1 atom stereocenters. The van der Waals surface area contributed by atoms with Crippen LogP contribution in [-0.4, -0.2) is 45.3 Å². The predicted octanol–water partition coefficient (Wildman–Crippen LogP) is 3.00. The number of nitrogens with zero attached hydrogens (tertiary/aromatic N) is 1. The molecule has 0 spiro atoms. The van der Waals surface area contributed by atoms with Crippen molar-refractivity contribution in [2.45, 2.75) is 32.7 Å². The van der Waals surface area contributed by atoms with E-state index in [1.807, 2.05) is 0 Å². The van der Waals surface area contributed by atoms with E-state index in [1.54, 1.807) is 7.11 Å². The second kappa shape index (κ2) is 9.92. The average molecular weight is 278 g/mol. The van der Waals surface area contributed by atoms with E-state index in [0.717, 1.165) is 32.7 Å². The molecule has 114 valence electrons. The molecule has 20 heavy (non-hydrogen) atoms. The fourth-order valence-corrected chi connectivity index (χ4v) is 2.21. The number of likely N-dealkylation sites (N-methyl/N-ethyl adjacent to an activating group) is 1. The Morgan fingerprint density at radius 2 is 1.90 bits per heavy atom. The second-order valence-corrected chi connectivity index (χ2v) is 5.50. The molecule has 0 fully saturated rings. The number of benzene rings is 1. The number of aryl methyl sites for hydroxylation is 1. The molecule has 3 heteroatoms. The van der Waals surface area contributed by atoms with Crippen LogP contribution in [0.2, 0.25) is 0 Å². The van der Waals surface area contributed by atoms with Crippen molar-refractivity contribution in [3.63, 3.8) is 0 Å². The van der Waals surface area contributed by atoms with Gasteiger partial charge in [0.2, 0.25) is 0 Å². The number of hydrogen-bond acceptors (Lipinski definition) is 3. The van der Waals surface area contributed by atoms with Gasteiger partial charge < -0.3 is 15.0 Å². The number of nitrogens with one attached hydrogen (secondary N) is 1. The minimum absolute atomic E-state index is 0.445. The quantitative estimate of drug-likeness (QED) is 0.712. The highest BCUT2D eigenvalue weighted by Gasteiger charge is 2.11. The third-order valence-corrected chi connectivity index (χ3v) is 3.60. The summed E-state index contributed by atoms with van der Waals surface area (Å²) in [7, 11) is 3.91. The molecule has 1 N–H and O–H groups in total. The van der Waals surface area contributed by atoms with Crippen LogP contribution in [0.25, 0.3) is 0 Å². The highest BCUT2D eigenvalue weighted by Crippen LogP contribution is 2.18. The van der Waals surface area contributed by atoms with E-state index in [2.05, 4.69) is 55.4 Å². The molecule has 0 radical (unpaired) electrons. The molecular formula is C17H30N2O. The zero-order chi connectivity index (χ0) is 14.8. The summed E-state index contributed by atoms with van der Waals surface area (Å²) in [5.74, 6) is 0. The maximum Gasteiger partial charge on any atom is 0.0589 e. The van der Waals surface area contributed by atoms with Gasteiger partial charge in [-0.1, -0.05) is 36.8 Å². The van der Waals surface area contributed by atoms with E-state index in [0.29, 0.717) is 6.04 Å². The van der Waals surface area contributed by atoms with E-state index < -0.39 is 0 Å². The highest BCUT2D eigenvalue weighted by atomic mass is 16.5. The van der Waals surface area contributed by atoms with Crippen LogP contribution in [0.5, 0.6) is 0 Å². The van der Waals surface area contributed by atoms with Crippen LogP contribution in [0.3, 0.4) is 0 Å². The molecule has 1 unspecified atom stereocenters. The van der Waals surface area contributed by atoms with Crippen LogP contribution < -0.4 is 5.32 Å². The minimum atomic E-state index is 0.445. The Morgan fingerprint density at radius 1 is 1.20 bits per heavy atom. The van der Waals surface area contributed by atoms with Gasteiger partial charge in [0.15, 0.2) is 0 Å². The van der Waals surface area contributed by atoms with Crippen molar-refractivity contribution in [3.05, 3.63) is 35.4 Å². The van der Waals surface area contributed by atoms with Crippen molar-refractivity contribution in [1.29, 1.82) is 0 Å². The van der Waals surface area contributed by atoms with Gasteiger partial charge in [0.05, 0.1) is 6.61 Å². The molecule has 0 amide bonds. The molecule has 0 heterocycles. The first-order valence-corrected chi connectivity index (χ1v) is 7.64. The summed E-state index contributed by atoms with van der Waals surface area (Å²) in [6.07, 6.45) is 2.30. The Kier molecular flexibility index (Phi) is 8.51. The van der Waals surface area contributed by atoms with Gasteiger partial charge in [-0.2, -0.15) is 0 Å². The lowest BCUT2D eigenvalue weighted by atomic mass is 10.0. The van der Waals surface area contributed by atoms with Crippen molar-refractivity contribution < 1.29 is 4.74 Å². The molecule has 0 aromatic heterocycles. The topological polar surface area (TPSA) is 24.5 Å². The monoisotopic (exact) mass is 278 g/mol. The molecule has 0 bridgehead atoms. The van der Waals surface area contributed by atoms with Gasteiger partial charge in [0.25, 0.3) is 0 Å². The first-order valence-electron chi connectivity index (χ1n) is 7.64. The number of ether oxygens (including phenoxy) is 1. The molecule has 1 aromatic rings. The fourth-order valence-electron chi connectivity index (χ4n) is 2.21. The lowest BCUT2D eigenvalue weighted by Crippen LogP contribution is -2.29. The smallest absolute Gasteiger partial charge is 0.0589 e. The molecule has 0 saturated heterocycles. The molecule has 1 rings (SSSR count). The van der Waals surface area contributed by atoms with Gasteiger partial charge in [0.1, 0.15) is 0 Å². The number of hydrogen-bond donors (Lipinski definition) is 1. The largest absolute Gasteiger partial charge is 0.383 e. The van der Waals surface area contributed by atoms with Gasteiger partial charge in [-0.05, 0) is 45.5 Å². The van der Waals surface area contributed by atoms with Crippen LogP contribution in [0, 0.1) is 6.92 Å². The van der Waals surface area contributed by atoms with Crippen molar-refractivity contribution in [2.75, 3.05) is 40.4 Å². The second-order valence-electron chi connectivity index (χ2n) is 5.50. The molecule has 0 aliphatic heterocycles. The summed E-state index contributed by atoms with van der Waals surface area (Å²) >= 11 is 0. The predicted molar refractivity (Wildman–Crippen MR) is 86.2 cm³/mol. The summed E-state index contributed by atoms with van der Waals surface area (Å²) in [6, 6.07) is 9.34. The maximum atomic E-state index is 5.12. The van der Waals surface area contributed by atoms with Gasteiger partial charge in [-0.15, -0.1) is 0 Å². The molecule has 3 nitrogen and oxygen atoms in total. The van der Waals surface area contributed by atoms with Crippen molar-refractivity contribution in [3.8, 4) is 0 Å². The standard InChI is InChI=1S/C17H30N2O/c1-5-11-18-17(10-12-19(3)13-14-20-4)16-8-6-15(2)7-9-16/h6-9,17-18H,5,10-14H2,1-4H3. The zero-order valence-electron chi connectivity index (χ0n) is 13.5. The third kappa shape index (κ3) is 6.51. The summed E-state index contributed by atoms with van der Waals surface area (Å²) in [4.78, 5) is 2.33. The van der Waals surface area contributed by atoms with Gasteiger partial charge in [-0.25, -0.2) is 0 Å². The summed E-state index contributed by atoms with van der Waals surface area (Å²) in [5.41, 5.74) is 2.71. The first-order chi connectivity index (χ1) is 9.67. The van der Waals surface area contributed by atoms with E-state index in [9.17, 15) is 0 Å². The Balaban J connectivity index is 2.53. The number of methoxy groups -OCH3 is 1. The van der Waals surface area contributed by atoms with E-state index in [1.165, 1.54) is 17.5 Å². The third-order valence-electron chi connectivity index (χ3n) is 3.60. The summed E-state index contributed by atoms with van der Waals surface area (Å²) in [6.45, 7) is 8.29. The van der Waals surface area contributed by atoms with E-state index in [-0.39, 0.29) is 0 Å². The normalized spacial score (nSPS) is 12.8. The van der Waals surface area contributed by atoms with Crippen molar-refractivity contribution in [2.24, 2.45) is 0 Å². The SMILES string of the molecule is CCCNC(CCN(C)CCOC)c1ccc(C)cc1. The van der Waals surface area contributed by atoms with Crippen molar-refractivity contribution in [1.82, 2.24) is 10.2 Å². The Bertz CT molecular complexity index is 351. The Hall–Kier alpha value is -0.900. The van der Waals surface area contributed by atoms with E-state index >= 15 is 0 Å². The first kappa shape index (κ1) is 17.2. The van der Waals surface area contributed by atoms with Gasteiger partial charge in [0, 0.05) is 19.7 Å². The zero-order valence-corrected chi connectivity index (χ0v) is 13.5. The average Bonchev–Trinajstić information content (AvgIpc) is 2.46. The van der Waals surface area contributed by atoms with Crippen LogP contribution in [0.15, 0.2) is 24.3 Å². The van der Waals surface area contributed by atoms with Gasteiger partial charge in [-0.3, -0.25) is 0 Å². The van der Waals surface area contributed by atoms with Crippen molar-refractivity contribution >= 4 is 0 Å². The summed E-state index contributed by atoms with van der Waals surface area (Å²) in [5, 5.41) is 3.66. The van der Waals surface area contributed by atoms with Crippen LogP contribution in [-0.2, 0) is 4.74 Å². The molecule has 0 aliphatic carbocycles. The van der Waals surface area contributed by atoms with Crippen LogP contribution in [0.4, 0.5) is 0 Å². The Morgan fingerprint density at radius 3 is 2.50 bits per heavy atom. The highest BCUT2D eigenvalue weighted by molar-refractivity contribution is 5.24. The number of rotatable bonds is 10. The lowest BCUT2D eigenvalue weighted by molar-refractivity contribution is 0.158. The Labute approximate surface area is 124 Å². The lowest BCUT2D eigenvalue weighted by Gasteiger charge is -2.23.